The number of nitrogens with two attached hydrogens (primary N) is 1. The fourth-order valence-electron chi connectivity index (χ4n) is 1.19. The molecule has 1 unspecified atom stereocenters. The third kappa shape index (κ3) is 2.90. The SMILES string of the molecule is C=C(C)CC(NN)c1ccc(F)cn1. The fraction of sp³-hybridized carbons (Fsp3) is 0.300. The second-order valence-electron chi connectivity index (χ2n) is 3.28. The van der Waals surface area contributed by atoms with E-state index in [2.05, 4.69) is 17.0 Å². The molecular formula is C10H14FN3. The highest BCUT2D eigenvalue weighted by Gasteiger charge is 2.10. The molecule has 0 saturated heterocycles. The van der Waals surface area contributed by atoms with Crippen LogP contribution in [0.2, 0.25) is 0 Å². The van der Waals surface area contributed by atoms with Gasteiger partial charge in [0.2, 0.25) is 0 Å². The van der Waals surface area contributed by atoms with Crippen LogP contribution in [0.4, 0.5) is 4.39 Å². The zero-order valence-electron chi connectivity index (χ0n) is 8.13. The molecule has 14 heavy (non-hydrogen) atoms. The normalized spacial score (nSPS) is 12.5. The van der Waals surface area contributed by atoms with Crippen LogP contribution in [0.5, 0.6) is 0 Å². The quantitative estimate of drug-likeness (QED) is 0.436. The van der Waals surface area contributed by atoms with Crippen molar-refractivity contribution in [2.75, 3.05) is 0 Å². The molecular weight excluding hydrogens is 181 g/mol. The van der Waals surface area contributed by atoms with E-state index in [4.69, 9.17) is 5.84 Å². The number of pyridine rings is 1. The number of halogens is 1. The van der Waals surface area contributed by atoms with Crippen molar-refractivity contribution in [3.05, 3.63) is 42.0 Å². The van der Waals surface area contributed by atoms with E-state index < -0.39 is 0 Å². The lowest BCUT2D eigenvalue weighted by molar-refractivity contribution is 0.532. The van der Waals surface area contributed by atoms with E-state index in [-0.39, 0.29) is 11.9 Å². The molecule has 0 bridgehead atoms. The van der Waals surface area contributed by atoms with E-state index in [1.54, 1.807) is 6.07 Å². The Morgan fingerprint density at radius 2 is 2.43 bits per heavy atom. The minimum atomic E-state index is -0.347. The second kappa shape index (κ2) is 4.83. The molecule has 0 fully saturated rings. The number of hydrogen-bond acceptors (Lipinski definition) is 3. The Bertz CT molecular complexity index is 308. The molecule has 0 aromatic carbocycles. The van der Waals surface area contributed by atoms with Crippen LogP contribution in [0.15, 0.2) is 30.5 Å². The van der Waals surface area contributed by atoms with Crippen LogP contribution in [0.3, 0.4) is 0 Å². The molecule has 76 valence electrons. The first-order valence-corrected chi connectivity index (χ1v) is 4.35. The first-order chi connectivity index (χ1) is 6.63. The average Bonchev–Trinajstić information content (AvgIpc) is 2.15. The van der Waals surface area contributed by atoms with Crippen LogP contribution in [-0.2, 0) is 0 Å². The monoisotopic (exact) mass is 195 g/mol. The van der Waals surface area contributed by atoms with Crippen LogP contribution < -0.4 is 11.3 Å². The Morgan fingerprint density at radius 3 is 2.86 bits per heavy atom. The summed E-state index contributed by atoms with van der Waals surface area (Å²) in [7, 11) is 0. The molecule has 1 atom stereocenters. The lowest BCUT2D eigenvalue weighted by Gasteiger charge is -2.14. The molecule has 0 aliphatic rings. The van der Waals surface area contributed by atoms with Gasteiger partial charge < -0.3 is 0 Å². The first kappa shape index (κ1) is 10.8. The maximum Gasteiger partial charge on any atom is 0.141 e. The molecule has 0 aliphatic heterocycles. The largest absolute Gasteiger partial charge is 0.271 e. The number of rotatable bonds is 4. The number of nitrogens with one attached hydrogen (secondary N) is 1. The highest BCUT2D eigenvalue weighted by molar-refractivity contribution is 5.12. The Labute approximate surface area is 82.8 Å². The second-order valence-corrected chi connectivity index (χ2v) is 3.28. The Kier molecular flexibility index (Phi) is 3.73. The summed E-state index contributed by atoms with van der Waals surface area (Å²) in [4.78, 5) is 3.94. The van der Waals surface area contributed by atoms with Crippen molar-refractivity contribution in [3.8, 4) is 0 Å². The molecule has 1 aromatic rings. The van der Waals surface area contributed by atoms with Crippen LogP contribution >= 0.6 is 0 Å². The van der Waals surface area contributed by atoms with Gasteiger partial charge in [-0.25, -0.2) is 4.39 Å². The summed E-state index contributed by atoms with van der Waals surface area (Å²) in [6, 6.07) is 2.88. The maximum atomic E-state index is 12.6. The molecule has 4 heteroatoms. The molecule has 3 N–H and O–H groups in total. The summed E-state index contributed by atoms with van der Waals surface area (Å²) < 4.78 is 12.6. The smallest absolute Gasteiger partial charge is 0.141 e. The Morgan fingerprint density at radius 1 is 1.71 bits per heavy atom. The third-order valence-electron chi connectivity index (χ3n) is 1.86. The van der Waals surface area contributed by atoms with Gasteiger partial charge in [0.15, 0.2) is 0 Å². The van der Waals surface area contributed by atoms with Crippen LogP contribution in [-0.4, -0.2) is 4.98 Å². The summed E-state index contributed by atoms with van der Waals surface area (Å²) in [5.74, 6) is 5.02. The predicted octanol–water partition coefficient (Wildman–Crippen LogP) is 1.69. The van der Waals surface area contributed by atoms with E-state index >= 15 is 0 Å². The van der Waals surface area contributed by atoms with Crippen molar-refractivity contribution < 1.29 is 4.39 Å². The lowest BCUT2D eigenvalue weighted by Crippen LogP contribution is -2.28. The number of nitrogens with zero attached hydrogens (tertiary/aromatic N) is 1. The topological polar surface area (TPSA) is 50.9 Å². The van der Waals surface area contributed by atoms with Crippen molar-refractivity contribution in [1.29, 1.82) is 0 Å². The molecule has 0 radical (unpaired) electrons. The first-order valence-electron chi connectivity index (χ1n) is 4.35. The molecule has 3 nitrogen and oxygen atoms in total. The zero-order valence-corrected chi connectivity index (χ0v) is 8.13. The third-order valence-corrected chi connectivity index (χ3v) is 1.86. The molecule has 0 aliphatic carbocycles. The van der Waals surface area contributed by atoms with Crippen molar-refractivity contribution >= 4 is 0 Å². The summed E-state index contributed by atoms with van der Waals surface area (Å²) in [5, 5.41) is 0. The van der Waals surface area contributed by atoms with E-state index in [1.165, 1.54) is 12.3 Å². The molecule has 1 heterocycles. The van der Waals surface area contributed by atoms with Gasteiger partial charge in [0.05, 0.1) is 17.9 Å². The minimum absolute atomic E-state index is 0.104. The van der Waals surface area contributed by atoms with Crippen LogP contribution in [0.1, 0.15) is 25.1 Å². The number of hydrogen-bond donors (Lipinski definition) is 2. The van der Waals surface area contributed by atoms with Crippen LogP contribution in [0, 0.1) is 5.82 Å². The minimum Gasteiger partial charge on any atom is -0.271 e. The summed E-state index contributed by atoms with van der Waals surface area (Å²) in [5.41, 5.74) is 4.34. The van der Waals surface area contributed by atoms with Gasteiger partial charge in [0.25, 0.3) is 0 Å². The molecule has 0 amide bonds. The van der Waals surface area contributed by atoms with Crippen molar-refractivity contribution in [2.24, 2.45) is 5.84 Å². The van der Waals surface area contributed by atoms with Gasteiger partial charge in [-0.1, -0.05) is 5.57 Å². The average molecular weight is 195 g/mol. The van der Waals surface area contributed by atoms with Gasteiger partial charge in [-0.3, -0.25) is 16.3 Å². The van der Waals surface area contributed by atoms with Crippen molar-refractivity contribution in [3.63, 3.8) is 0 Å². The molecule has 1 aromatic heterocycles. The summed E-state index contributed by atoms with van der Waals surface area (Å²) >= 11 is 0. The van der Waals surface area contributed by atoms with E-state index in [1.807, 2.05) is 6.92 Å². The highest BCUT2D eigenvalue weighted by atomic mass is 19.1. The van der Waals surface area contributed by atoms with E-state index in [9.17, 15) is 4.39 Å². The molecule has 0 spiro atoms. The van der Waals surface area contributed by atoms with Gasteiger partial charge in [-0.15, -0.1) is 6.58 Å². The summed E-state index contributed by atoms with van der Waals surface area (Å²) in [6.45, 7) is 5.70. The zero-order chi connectivity index (χ0) is 10.6. The lowest BCUT2D eigenvalue weighted by atomic mass is 10.1. The van der Waals surface area contributed by atoms with Crippen LogP contribution in [0.25, 0.3) is 0 Å². The Balaban J connectivity index is 2.78. The number of hydrazine groups is 1. The van der Waals surface area contributed by atoms with E-state index in [0.717, 1.165) is 11.3 Å². The maximum absolute atomic E-state index is 12.6. The van der Waals surface area contributed by atoms with Crippen molar-refractivity contribution in [1.82, 2.24) is 10.4 Å². The van der Waals surface area contributed by atoms with Crippen molar-refractivity contribution in [2.45, 2.75) is 19.4 Å². The fourth-order valence-corrected chi connectivity index (χ4v) is 1.19. The molecule has 1 rings (SSSR count). The van der Waals surface area contributed by atoms with Gasteiger partial charge in [-0.05, 0) is 25.5 Å². The Hall–Kier alpha value is -1.26. The van der Waals surface area contributed by atoms with Gasteiger partial charge in [0, 0.05) is 0 Å². The van der Waals surface area contributed by atoms with Gasteiger partial charge in [0.1, 0.15) is 5.82 Å². The van der Waals surface area contributed by atoms with Gasteiger partial charge >= 0.3 is 0 Å². The summed E-state index contributed by atoms with van der Waals surface area (Å²) in [6.07, 6.45) is 1.87. The number of aromatic nitrogens is 1. The highest BCUT2D eigenvalue weighted by Crippen LogP contribution is 2.17. The van der Waals surface area contributed by atoms with Gasteiger partial charge in [-0.2, -0.15) is 0 Å². The predicted molar refractivity (Wildman–Crippen MR) is 53.7 cm³/mol. The standard InChI is InChI=1S/C10H14FN3/c1-7(2)5-10(14-12)9-4-3-8(11)6-13-9/h3-4,6,10,14H,1,5,12H2,2H3. The van der Waals surface area contributed by atoms with E-state index in [0.29, 0.717) is 6.42 Å². The molecule has 0 saturated carbocycles.